The fourth-order valence-electron chi connectivity index (χ4n) is 9.25. The Morgan fingerprint density at radius 1 is 0.596 bits per heavy atom. The smallest absolute Gasteiger partial charge is 0.232 e. The number of para-hydroxylation sites is 1. The van der Waals surface area contributed by atoms with Gasteiger partial charge in [0.1, 0.15) is 36.2 Å². The number of hydrogen-bond donors (Lipinski definition) is 0. The Morgan fingerprint density at radius 2 is 1.18 bits per heavy atom. The number of aromatic nitrogens is 4. The van der Waals surface area contributed by atoms with Crippen molar-refractivity contribution in [2.45, 2.75) is 52.0 Å². The number of benzene rings is 6. The minimum Gasteiger partial charge on any atom is -0.232 e. The van der Waals surface area contributed by atoms with Gasteiger partial charge >= 0.3 is 0 Å². The first-order valence-electron chi connectivity index (χ1n) is 20.2. The third kappa shape index (κ3) is 6.31. The van der Waals surface area contributed by atoms with Crippen LogP contribution in [0.25, 0.3) is 56.4 Å². The second-order valence-electron chi connectivity index (χ2n) is 15.8. The van der Waals surface area contributed by atoms with Gasteiger partial charge < -0.3 is 0 Å². The van der Waals surface area contributed by atoms with Gasteiger partial charge in [-0.25, -0.2) is 9.13 Å². The van der Waals surface area contributed by atoms with E-state index in [1.807, 2.05) is 0 Å². The van der Waals surface area contributed by atoms with Crippen LogP contribution in [0.1, 0.15) is 47.1 Å². The van der Waals surface area contributed by atoms with E-state index in [-0.39, 0.29) is 0 Å². The fraction of sp³-hybridized carbons (Fsp3) is 0.176. The van der Waals surface area contributed by atoms with Gasteiger partial charge in [0.2, 0.25) is 0 Å². The lowest BCUT2D eigenvalue weighted by Crippen LogP contribution is -2.36. The lowest BCUT2D eigenvalue weighted by atomic mass is 9.92. The Balaban J connectivity index is 1.08. The molecule has 0 spiro atoms. The van der Waals surface area contributed by atoms with Gasteiger partial charge in [0.15, 0.2) is 0 Å². The molecule has 2 aliphatic rings. The average Bonchev–Trinajstić information content (AvgIpc) is 3.81. The fourth-order valence-corrected chi connectivity index (χ4v) is 11.9. The van der Waals surface area contributed by atoms with E-state index in [0.29, 0.717) is 23.1 Å². The van der Waals surface area contributed by atoms with Gasteiger partial charge in [-0.1, -0.05) is 139 Å². The summed E-state index contributed by atoms with van der Waals surface area (Å²) < 4.78 is 9.83. The van der Waals surface area contributed by atoms with Gasteiger partial charge in [-0.2, -0.15) is 9.13 Å². The number of imidazole rings is 2. The van der Waals surface area contributed by atoms with Crippen LogP contribution >= 0.6 is 17.2 Å². The third-order valence-electron chi connectivity index (χ3n) is 12.2. The zero-order valence-electron chi connectivity index (χ0n) is 33.1. The minimum atomic E-state index is 0.351. The molecule has 0 bridgehead atoms. The molecule has 10 rings (SSSR count). The standard InChI is InChI=1S/C51H48N4P2/c1-34(41-30-43(38-18-9-6-10-19-38)49-45(31-41)57-33-39-20-11-14-35(2)46(39)50-52(4)26-28-54(49)50)24-25-53-27-29-55-48-42(37-16-7-5-8-17-37)22-13-23-44(48)56-32-40-21-12-15-36(3)47(40)51(53)55/h5-23,26-31,34,56-57H,24-25,32-33H2,1-4H3/q+2. The molecule has 0 saturated heterocycles. The highest BCUT2D eigenvalue weighted by molar-refractivity contribution is 7.47. The normalized spacial score (nSPS) is 14.2. The van der Waals surface area contributed by atoms with Crippen LogP contribution < -0.4 is 19.7 Å². The first kappa shape index (κ1) is 36.0. The second-order valence-corrected chi connectivity index (χ2v) is 18.3. The SMILES string of the molecule is Cc1cccc2c1-c1n(cc[n+]1C)-c1c(cc(C(C)CC[n+]3ccn4c3-c3c(C)cccc3CPc3cccc(-c5ccccc5)c3-4)cc1-c1ccccc1)PC2. The molecule has 0 saturated carbocycles. The van der Waals surface area contributed by atoms with Crippen molar-refractivity contribution in [2.75, 3.05) is 0 Å². The Morgan fingerprint density at radius 3 is 1.88 bits per heavy atom. The second kappa shape index (κ2) is 14.8. The maximum atomic E-state index is 2.55. The summed E-state index contributed by atoms with van der Waals surface area (Å²) in [6, 6.07) is 47.6. The molecule has 3 atom stereocenters. The summed E-state index contributed by atoms with van der Waals surface area (Å²) in [7, 11) is 3.56. The molecule has 4 nitrogen and oxygen atoms in total. The number of fused-ring (bicyclic) bond motifs is 10. The quantitative estimate of drug-likeness (QED) is 0.118. The van der Waals surface area contributed by atoms with Gasteiger partial charge in [0.25, 0.3) is 11.6 Å². The lowest BCUT2D eigenvalue weighted by molar-refractivity contribution is -0.686. The summed E-state index contributed by atoms with van der Waals surface area (Å²) in [5, 5.41) is 2.87. The molecule has 4 heterocycles. The summed E-state index contributed by atoms with van der Waals surface area (Å²) in [6.45, 7) is 7.91. The molecule has 0 fully saturated rings. The molecule has 0 N–H and O–H groups in total. The van der Waals surface area contributed by atoms with Crippen molar-refractivity contribution < 1.29 is 9.13 Å². The topological polar surface area (TPSA) is 17.6 Å². The van der Waals surface area contributed by atoms with E-state index in [1.54, 1.807) is 0 Å². The summed E-state index contributed by atoms with van der Waals surface area (Å²) in [6.07, 6.45) is 12.3. The first-order valence-corrected chi connectivity index (χ1v) is 22.6. The van der Waals surface area contributed by atoms with E-state index in [0.717, 1.165) is 25.3 Å². The van der Waals surface area contributed by atoms with Crippen LogP contribution in [0.15, 0.2) is 152 Å². The van der Waals surface area contributed by atoms with Crippen LogP contribution in [-0.2, 0) is 25.9 Å². The average molecular weight is 779 g/mol. The van der Waals surface area contributed by atoms with Crippen molar-refractivity contribution in [1.29, 1.82) is 0 Å². The number of nitrogens with zero attached hydrogens (tertiary/aromatic N) is 4. The van der Waals surface area contributed by atoms with Crippen molar-refractivity contribution in [3.63, 3.8) is 0 Å². The molecule has 8 aromatic rings. The molecule has 280 valence electrons. The predicted molar refractivity (Wildman–Crippen MR) is 240 cm³/mol. The van der Waals surface area contributed by atoms with Crippen molar-refractivity contribution in [1.82, 2.24) is 9.13 Å². The molecule has 57 heavy (non-hydrogen) atoms. The Kier molecular flexibility index (Phi) is 9.36. The van der Waals surface area contributed by atoms with E-state index in [1.165, 1.54) is 94.8 Å². The number of aryl methyl sites for hydroxylation is 4. The molecule has 0 radical (unpaired) electrons. The van der Waals surface area contributed by atoms with Crippen LogP contribution in [0.4, 0.5) is 0 Å². The minimum absolute atomic E-state index is 0.351. The van der Waals surface area contributed by atoms with Crippen LogP contribution in [0.3, 0.4) is 0 Å². The van der Waals surface area contributed by atoms with Gasteiger partial charge in [-0.15, -0.1) is 0 Å². The first-order chi connectivity index (χ1) is 27.9. The van der Waals surface area contributed by atoms with Crippen LogP contribution in [0.5, 0.6) is 0 Å². The molecule has 6 heteroatoms. The van der Waals surface area contributed by atoms with Crippen LogP contribution in [-0.4, -0.2) is 9.13 Å². The zero-order chi connectivity index (χ0) is 38.6. The molecular weight excluding hydrogens is 731 g/mol. The number of hydrogen-bond acceptors (Lipinski definition) is 0. The monoisotopic (exact) mass is 778 g/mol. The van der Waals surface area contributed by atoms with E-state index in [9.17, 15) is 0 Å². The highest BCUT2D eigenvalue weighted by Crippen LogP contribution is 2.42. The van der Waals surface area contributed by atoms with E-state index in [2.05, 4.69) is 198 Å². The largest absolute Gasteiger partial charge is 0.294 e. The summed E-state index contributed by atoms with van der Waals surface area (Å²) in [4.78, 5) is 0. The molecule has 6 aromatic carbocycles. The van der Waals surface area contributed by atoms with E-state index < -0.39 is 0 Å². The number of rotatable bonds is 6. The van der Waals surface area contributed by atoms with E-state index >= 15 is 0 Å². The Bertz CT molecular complexity index is 2800. The van der Waals surface area contributed by atoms with Crippen molar-refractivity contribution in [3.05, 3.63) is 180 Å². The molecule has 3 unspecified atom stereocenters. The van der Waals surface area contributed by atoms with Crippen molar-refractivity contribution in [3.8, 4) is 56.4 Å². The molecule has 2 aromatic heterocycles. The predicted octanol–water partition coefficient (Wildman–Crippen LogP) is 10.5. The molecule has 2 aliphatic heterocycles. The highest BCUT2D eigenvalue weighted by Gasteiger charge is 2.33. The summed E-state index contributed by atoms with van der Waals surface area (Å²) in [5.41, 5.74) is 17.5. The van der Waals surface area contributed by atoms with Crippen molar-refractivity contribution in [2.24, 2.45) is 7.05 Å². The maximum absolute atomic E-state index is 2.55. The lowest BCUT2D eigenvalue weighted by Gasteiger charge is -2.22. The molecular formula is C51H48N4P2+2. The summed E-state index contributed by atoms with van der Waals surface area (Å²) >= 11 is 0. The Hall–Kier alpha value is -5.40. The zero-order valence-corrected chi connectivity index (χ0v) is 35.1. The van der Waals surface area contributed by atoms with Gasteiger partial charge in [-0.3, -0.25) is 0 Å². The van der Waals surface area contributed by atoms with Crippen molar-refractivity contribution >= 4 is 27.8 Å². The highest BCUT2D eigenvalue weighted by atomic mass is 31.1. The van der Waals surface area contributed by atoms with Crippen LogP contribution in [0.2, 0.25) is 0 Å². The van der Waals surface area contributed by atoms with Crippen LogP contribution in [0, 0.1) is 13.8 Å². The van der Waals surface area contributed by atoms with Gasteiger partial charge in [0.05, 0.1) is 24.7 Å². The molecule has 0 amide bonds. The Labute approximate surface area is 340 Å². The maximum Gasteiger partial charge on any atom is 0.294 e. The third-order valence-corrected chi connectivity index (χ3v) is 14.9. The van der Waals surface area contributed by atoms with Gasteiger partial charge in [-0.05, 0) is 89.6 Å². The van der Waals surface area contributed by atoms with Gasteiger partial charge in [0, 0.05) is 21.7 Å². The molecule has 0 aliphatic carbocycles. The van der Waals surface area contributed by atoms with E-state index in [4.69, 9.17) is 0 Å². The summed E-state index contributed by atoms with van der Waals surface area (Å²) in [5.74, 6) is 2.89.